The van der Waals surface area contributed by atoms with Crippen LogP contribution < -0.4 is 5.32 Å². The number of hydrogen-bond donors (Lipinski definition) is 1. The normalized spacial score (nSPS) is 18.3. The Bertz CT molecular complexity index is 579. The summed E-state index contributed by atoms with van der Waals surface area (Å²) >= 11 is 8.95. The first-order valence-corrected chi connectivity index (χ1v) is 8.91. The van der Waals surface area contributed by atoms with E-state index in [4.69, 9.17) is 0 Å². The summed E-state index contributed by atoms with van der Waals surface area (Å²) in [6, 6.07) is 9.39. The Morgan fingerprint density at radius 1 is 1.21 bits per heavy atom. The molecule has 1 aliphatic carbocycles. The molecule has 0 radical (unpaired) electrons. The fourth-order valence-corrected chi connectivity index (χ4v) is 4.44. The SMILES string of the molecule is Brc1ccc2c(c1)CCC(NCc1sccc1Br)C2. The summed E-state index contributed by atoms with van der Waals surface area (Å²) in [4.78, 5) is 1.39. The Balaban J connectivity index is 1.63. The lowest BCUT2D eigenvalue weighted by Crippen LogP contribution is -2.33. The number of thiophene rings is 1. The second-order valence-corrected chi connectivity index (χ2v) is 7.70. The first kappa shape index (κ1) is 13.8. The van der Waals surface area contributed by atoms with Crippen LogP contribution in [0.25, 0.3) is 0 Å². The molecule has 1 aromatic carbocycles. The number of rotatable bonds is 3. The summed E-state index contributed by atoms with van der Waals surface area (Å²) in [6.45, 7) is 0.967. The van der Waals surface area contributed by atoms with E-state index in [1.165, 1.54) is 37.8 Å². The highest BCUT2D eigenvalue weighted by Crippen LogP contribution is 2.26. The van der Waals surface area contributed by atoms with E-state index in [2.05, 4.69) is 66.8 Å². The summed E-state index contributed by atoms with van der Waals surface area (Å²) < 4.78 is 2.42. The molecule has 1 nitrogen and oxygen atoms in total. The van der Waals surface area contributed by atoms with Gasteiger partial charge in [0, 0.05) is 26.4 Å². The number of benzene rings is 1. The maximum absolute atomic E-state index is 3.69. The minimum Gasteiger partial charge on any atom is -0.309 e. The topological polar surface area (TPSA) is 12.0 Å². The molecule has 0 bridgehead atoms. The highest BCUT2D eigenvalue weighted by atomic mass is 79.9. The van der Waals surface area contributed by atoms with E-state index in [1.54, 1.807) is 0 Å². The lowest BCUT2D eigenvalue weighted by Gasteiger charge is -2.25. The van der Waals surface area contributed by atoms with Crippen molar-refractivity contribution in [1.29, 1.82) is 0 Å². The summed E-state index contributed by atoms with van der Waals surface area (Å²) in [7, 11) is 0. The molecule has 1 unspecified atom stereocenters. The van der Waals surface area contributed by atoms with E-state index >= 15 is 0 Å². The van der Waals surface area contributed by atoms with E-state index in [0.29, 0.717) is 6.04 Å². The molecule has 1 heterocycles. The molecular weight excluding hydrogens is 386 g/mol. The van der Waals surface area contributed by atoms with E-state index in [0.717, 1.165) is 13.0 Å². The molecule has 0 spiro atoms. The van der Waals surface area contributed by atoms with Crippen LogP contribution >= 0.6 is 43.2 Å². The van der Waals surface area contributed by atoms with Crippen molar-refractivity contribution in [1.82, 2.24) is 5.32 Å². The zero-order valence-electron chi connectivity index (χ0n) is 10.5. The van der Waals surface area contributed by atoms with E-state index in [1.807, 2.05) is 11.3 Å². The highest BCUT2D eigenvalue weighted by molar-refractivity contribution is 9.10. The van der Waals surface area contributed by atoms with E-state index in [9.17, 15) is 0 Å². The molecule has 0 aliphatic heterocycles. The molecule has 1 aromatic heterocycles. The van der Waals surface area contributed by atoms with E-state index in [-0.39, 0.29) is 0 Å². The predicted octanol–water partition coefficient (Wildman–Crippen LogP) is 4.92. The first-order chi connectivity index (χ1) is 9.22. The summed E-state index contributed by atoms with van der Waals surface area (Å²) in [6.07, 6.45) is 3.55. The van der Waals surface area contributed by atoms with Gasteiger partial charge in [-0.1, -0.05) is 22.0 Å². The minimum atomic E-state index is 0.600. The van der Waals surface area contributed by atoms with Gasteiger partial charge in [0.1, 0.15) is 0 Å². The van der Waals surface area contributed by atoms with Gasteiger partial charge in [-0.25, -0.2) is 0 Å². The fourth-order valence-electron chi connectivity index (χ4n) is 2.59. The maximum atomic E-state index is 3.69. The number of halogens is 2. The second kappa shape index (κ2) is 6.08. The molecule has 0 fully saturated rings. The molecule has 0 amide bonds. The zero-order chi connectivity index (χ0) is 13.2. The monoisotopic (exact) mass is 399 g/mol. The van der Waals surface area contributed by atoms with Crippen molar-refractivity contribution in [2.45, 2.75) is 31.8 Å². The predicted molar refractivity (Wildman–Crippen MR) is 88.8 cm³/mol. The molecule has 0 saturated carbocycles. The van der Waals surface area contributed by atoms with Crippen LogP contribution in [0.5, 0.6) is 0 Å². The lowest BCUT2D eigenvalue weighted by molar-refractivity contribution is 0.459. The van der Waals surface area contributed by atoms with Crippen LogP contribution in [-0.2, 0) is 19.4 Å². The van der Waals surface area contributed by atoms with Crippen LogP contribution in [0.15, 0.2) is 38.6 Å². The van der Waals surface area contributed by atoms with Gasteiger partial charge in [0.05, 0.1) is 0 Å². The van der Waals surface area contributed by atoms with E-state index < -0.39 is 0 Å². The second-order valence-electron chi connectivity index (χ2n) is 4.93. The molecule has 2 aromatic rings. The van der Waals surface area contributed by atoms with Crippen LogP contribution in [0.2, 0.25) is 0 Å². The number of nitrogens with one attached hydrogen (secondary N) is 1. The Hall–Kier alpha value is -0.160. The Labute approximate surface area is 134 Å². The molecular formula is C15H15Br2NS. The third-order valence-electron chi connectivity index (χ3n) is 3.64. The van der Waals surface area contributed by atoms with Crippen LogP contribution in [0.4, 0.5) is 0 Å². The third kappa shape index (κ3) is 3.30. The lowest BCUT2D eigenvalue weighted by atomic mass is 9.88. The quantitative estimate of drug-likeness (QED) is 0.770. The van der Waals surface area contributed by atoms with Gasteiger partial charge in [0.2, 0.25) is 0 Å². The molecule has 3 rings (SSSR count). The zero-order valence-corrected chi connectivity index (χ0v) is 14.4. The van der Waals surface area contributed by atoms with Crippen LogP contribution in [0.1, 0.15) is 22.4 Å². The molecule has 1 N–H and O–H groups in total. The first-order valence-electron chi connectivity index (χ1n) is 6.45. The number of hydrogen-bond acceptors (Lipinski definition) is 2. The Kier molecular flexibility index (Phi) is 4.42. The van der Waals surface area contributed by atoms with Gasteiger partial charge < -0.3 is 5.32 Å². The van der Waals surface area contributed by atoms with Crippen molar-refractivity contribution < 1.29 is 0 Å². The van der Waals surface area contributed by atoms with Crippen molar-refractivity contribution in [2.24, 2.45) is 0 Å². The standard InChI is InChI=1S/C15H15Br2NS/c16-12-3-1-11-8-13(4-2-10(11)7-12)18-9-15-14(17)5-6-19-15/h1,3,5-7,13,18H,2,4,8-9H2. The van der Waals surface area contributed by atoms with Crippen molar-refractivity contribution in [3.05, 3.63) is 54.6 Å². The van der Waals surface area contributed by atoms with Crippen molar-refractivity contribution in [3.8, 4) is 0 Å². The minimum absolute atomic E-state index is 0.600. The van der Waals surface area contributed by atoms with Crippen LogP contribution in [0, 0.1) is 0 Å². The molecule has 1 aliphatic rings. The van der Waals surface area contributed by atoms with Gasteiger partial charge >= 0.3 is 0 Å². The molecule has 1 atom stereocenters. The van der Waals surface area contributed by atoms with Crippen molar-refractivity contribution in [3.63, 3.8) is 0 Å². The Morgan fingerprint density at radius 3 is 2.89 bits per heavy atom. The van der Waals surface area contributed by atoms with Gasteiger partial charge in [0.15, 0.2) is 0 Å². The maximum Gasteiger partial charge on any atom is 0.0327 e. The van der Waals surface area contributed by atoms with Gasteiger partial charge in [-0.2, -0.15) is 0 Å². The molecule has 19 heavy (non-hydrogen) atoms. The average Bonchev–Trinajstić information content (AvgIpc) is 2.82. The Morgan fingerprint density at radius 2 is 2.11 bits per heavy atom. The largest absolute Gasteiger partial charge is 0.309 e. The smallest absolute Gasteiger partial charge is 0.0327 e. The van der Waals surface area contributed by atoms with Gasteiger partial charge in [-0.15, -0.1) is 11.3 Å². The molecule has 100 valence electrons. The summed E-state index contributed by atoms with van der Waals surface area (Å²) in [5, 5.41) is 5.82. The third-order valence-corrected chi connectivity index (χ3v) is 6.06. The van der Waals surface area contributed by atoms with Gasteiger partial charge in [-0.05, 0) is 69.9 Å². The van der Waals surface area contributed by atoms with Crippen molar-refractivity contribution in [2.75, 3.05) is 0 Å². The number of aryl methyl sites for hydroxylation is 1. The highest BCUT2D eigenvalue weighted by Gasteiger charge is 2.18. The fraction of sp³-hybridized carbons (Fsp3) is 0.333. The summed E-state index contributed by atoms with van der Waals surface area (Å²) in [5.74, 6) is 0. The number of fused-ring (bicyclic) bond motifs is 1. The van der Waals surface area contributed by atoms with Crippen molar-refractivity contribution >= 4 is 43.2 Å². The van der Waals surface area contributed by atoms with Crippen LogP contribution in [-0.4, -0.2) is 6.04 Å². The molecule has 4 heteroatoms. The summed E-state index contributed by atoms with van der Waals surface area (Å²) in [5.41, 5.74) is 3.00. The molecule has 0 saturated heterocycles. The van der Waals surface area contributed by atoms with Gasteiger partial charge in [0.25, 0.3) is 0 Å². The van der Waals surface area contributed by atoms with Crippen LogP contribution in [0.3, 0.4) is 0 Å². The average molecular weight is 401 g/mol. The van der Waals surface area contributed by atoms with Gasteiger partial charge in [-0.3, -0.25) is 0 Å².